The Labute approximate surface area is 120 Å². The summed E-state index contributed by atoms with van der Waals surface area (Å²) in [4.78, 5) is 25.6. The molecule has 0 radical (unpaired) electrons. The van der Waals surface area contributed by atoms with E-state index in [4.69, 9.17) is 5.11 Å². The van der Waals surface area contributed by atoms with Crippen molar-refractivity contribution in [3.8, 4) is 0 Å². The van der Waals surface area contributed by atoms with Crippen LogP contribution in [-0.4, -0.2) is 21.0 Å². The van der Waals surface area contributed by atoms with Crippen LogP contribution in [0.25, 0.3) is 0 Å². The van der Waals surface area contributed by atoms with Gasteiger partial charge in [0.05, 0.1) is 10.5 Å². The maximum Gasteiger partial charge on any atom is 0.338 e. The highest BCUT2D eigenvalue weighted by Gasteiger charge is 2.21. The summed E-state index contributed by atoms with van der Waals surface area (Å²) in [5, 5.41) is 23.0. The number of nitro groups is 1. The number of anilines is 1. The van der Waals surface area contributed by atoms with E-state index >= 15 is 0 Å². The molecule has 7 nitrogen and oxygen atoms in total. The number of hydrogen-bond acceptors (Lipinski definition) is 5. The van der Waals surface area contributed by atoms with Gasteiger partial charge in [0, 0.05) is 25.0 Å². The standard InChI is InChI=1S/C14H13N3O4/c1-9-5-6-15-7-10(9)8-16-13-11(14(18)19)3-2-4-12(13)17(20)21/h2-7,16H,8H2,1H3,(H,18,19). The van der Waals surface area contributed by atoms with Crippen molar-refractivity contribution in [2.75, 3.05) is 5.32 Å². The van der Waals surface area contributed by atoms with E-state index in [9.17, 15) is 14.9 Å². The van der Waals surface area contributed by atoms with Gasteiger partial charge in [0.15, 0.2) is 0 Å². The van der Waals surface area contributed by atoms with Crippen LogP contribution in [0.1, 0.15) is 21.5 Å². The first-order chi connectivity index (χ1) is 10.0. The summed E-state index contributed by atoms with van der Waals surface area (Å²) in [6, 6.07) is 5.76. The highest BCUT2D eigenvalue weighted by atomic mass is 16.6. The predicted octanol–water partition coefficient (Wildman–Crippen LogP) is 2.61. The first-order valence-corrected chi connectivity index (χ1v) is 6.14. The van der Waals surface area contributed by atoms with Crippen molar-refractivity contribution in [1.29, 1.82) is 0 Å². The van der Waals surface area contributed by atoms with E-state index in [2.05, 4.69) is 10.3 Å². The van der Waals surface area contributed by atoms with Gasteiger partial charge >= 0.3 is 5.97 Å². The van der Waals surface area contributed by atoms with Gasteiger partial charge in [-0.2, -0.15) is 0 Å². The molecule has 7 heteroatoms. The number of rotatable bonds is 5. The molecular weight excluding hydrogens is 274 g/mol. The molecule has 0 aliphatic rings. The molecular formula is C14H13N3O4. The summed E-state index contributed by atoms with van der Waals surface area (Å²) in [6.07, 6.45) is 3.28. The van der Waals surface area contributed by atoms with Crippen LogP contribution in [0.4, 0.5) is 11.4 Å². The number of nitrogens with zero attached hydrogens (tertiary/aromatic N) is 2. The quantitative estimate of drug-likeness (QED) is 0.646. The van der Waals surface area contributed by atoms with Gasteiger partial charge in [-0.05, 0) is 30.2 Å². The van der Waals surface area contributed by atoms with Gasteiger partial charge in [-0.1, -0.05) is 6.07 Å². The van der Waals surface area contributed by atoms with Gasteiger partial charge in [-0.25, -0.2) is 4.79 Å². The normalized spacial score (nSPS) is 10.1. The van der Waals surface area contributed by atoms with Crippen molar-refractivity contribution in [3.05, 3.63) is 63.5 Å². The topological polar surface area (TPSA) is 105 Å². The number of aromatic nitrogens is 1. The van der Waals surface area contributed by atoms with Crippen LogP contribution in [0.3, 0.4) is 0 Å². The van der Waals surface area contributed by atoms with Crippen LogP contribution in [-0.2, 0) is 6.54 Å². The molecule has 0 bridgehead atoms. The third-order valence-corrected chi connectivity index (χ3v) is 3.07. The maximum atomic E-state index is 11.2. The van der Waals surface area contributed by atoms with E-state index in [0.717, 1.165) is 11.1 Å². The molecule has 0 saturated carbocycles. The summed E-state index contributed by atoms with van der Waals surface area (Å²) >= 11 is 0. The Hall–Kier alpha value is -2.96. The average molecular weight is 287 g/mol. The Balaban J connectivity index is 2.36. The molecule has 2 rings (SSSR count). The highest BCUT2D eigenvalue weighted by Crippen LogP contribution is 2.29. The van der Waals surface area contributed by atoms with Crippen molar-refractivity contribution < 1.29 is 14.8 Å². The van der Waals surface area contributed by atoms with Crippen LogP contribution < -0.4 is 5.32 Å². The minimum absolute atomic E-state index is 0.00162. The monoisotopic (exact) mass is 287 g/mol. The van der Waals surface area contributed by atoms with Crippen LogP contribution >= 0.6 is 0 Å². The number of nitrogens with one attached hydrogen (secondary N) is 1. The molecule has 0 spiro atoms. The van der Waals surface area contributed by atoms with E-state index in [1.807, 2.05) is 13.0 Å². The lowest BCUT2D eigenvalue weighted by molar-refractivity contribution is -0.384. The Morgan fingerprint density at radius 3 is 2.81 bits per heavy atom. The van der Waals surface area contributed by atoms with E-state index in [0.29, 0.717) is 0 Å². The van der Waals surface area contributed by atoms with Crippen LogP contribution in [0.2, 0.25) is 0 Å². The molecule has 1 aromatic heterocycles. The molecule has 0 aliphatic carbocycles. The van der Waals surface area contributed by atoms with Crippen LogP contribution in [0.5, 0.6) is 0 Å². The first kappa shape index (κ1) is 14.4. The Bertz CT molecular complexity index is 668. The lowest BCUT2D eigenvalue weighted by Gasteiger charge is -2.11. The third kappa shape index (κ3) is 3.14. The summed E-state index contributed by atoms with van der Waals surface area (Å²) < 4.78 is 0. The number of hydrogen-bond donors (Lipinski definition) is 2. The molecule has 2 N–H and O–H groups in total. The minimum atomic E-state index is -1.22. The van der Waals surface area contributed by atoms with Gasteiger partial charge in [0.1, 0.15) is 5.69 Å². The lowest BCUT2D eigenvalue weighted by atomic mass is 10.1. The SMILES string of the molecule is Cc1ccncc1CNc1c(C(=O)O)cccc1[N+](=O)[O-]. The number of carboxylic acids is 1. The molecule has 0 fully saturated rings. The van der Waals surface area contributed by atoms with Crippen molar-refractivity contribution >= 4 is 17.3 Å². The second-order valence-electron chi connectivity index (χ2n) is 4.42. The fourth-order valence-electron chi connectivity index (χ4n) is 1.92. The van der Waals surface area contributed by atoms with Gasteiger partial charge in [0.25, 0.3) is 5.69 Å². The zero-order valence-electron chi connectivity index (χ0n) is 11.2. The van der Waals surface area contributed by atoms with Gasteiger partial charge in [0.2, 0.25) is 0 Å². The van der Waals surface area contributed by atoms with Crippen LogP contribution in [0.15, 0.2) is 36.7 Å². The zero-order valence-corrected chi connectivity index (χ0v) is 11.2. The van der Waals surface area contributed by atoms with Crippen molar-refractivity contribution in [3.63, 3.8) is 0 Å². The second kappa shape index (κ2) is 6.00. The number of para-hydroxylation sites is 1. The van der Waals surface area contributed by atoms with Crippen LogP contribution in [0, 0.1) is 17.0 Å². The number of benzene rings is 1. The molecule has 2 aromatic rings. The molecule has 1 aromatic carbocycles. The number of pyridine rings is 1. The molecule has 108 valence electrons. The molecule has 0 atom stereocenters. The minimum Gasteiger partial charge on any atom is -0.478 e. The fraction of sp³-hybridized carbons (Fsp3) is 0.143. The Morgan fingerprint density at radius 1 is 1.43 bits per heavy atom. The number of aryl methyl sites for hydroxylation is 1. The van der Waals surface area contributed by atoms with Crippen molar-refractivity contribution in [1.82, 2.24) is 4.98 Å². The first-order valence-electron chi connectivity index (χ1n) is 6.14. The molecule has 0 unspecified atom stereocenters. The van der Waals surface area contributed by atoms with Gasteiger partial charge < -0.3 is 10.4 Å². The predicted molar refractivity (Wildman–Crippen MR) is 76.4 cm³/mol. The molecule has 21 heavy (non-hydrogen) atoms. The Kier molecular flexibility index (Phi) is 4.13. The van der Waals surface area contributed by atoms with E-state index in [-0.39, 0.29) is 23.5 Å². The number of carbonyl (C=O) groups is 1. The smallest absolute Gasteiger partial charge is 0.338 e. The summed E-state index contributed by atoms with van der Waals surface area (Å²) in [6.45, 7) is 2.14. The number of aromatic carboxylic acids is 1. The third-order valence-electron chi connectivity index (χ3n) is 3.07. The average Bonchev–Trinajstić information content (AvgIpc) is 2.45. The molecule has 1 heterocycles. The second-order valence-corrected chi connectivity index (χ2v) is 4.42. The lowest BCUT2D eigenvalue weighted by Crippen LogP contribution is -2.09. The maximum absolute atomic E-state index is 11.2. The number of carboxylic acid groups (broad SMARTS) is 1. The highest BCUT2D eigenvalue weighted by molar-refractivity contribution is 5.96. The Morgan fingerprint density at radius 2 is 2.19 bits per heavy atom. The van der Waals surface area contributed by atoms with E-state index in [1.165, 1.54) is 18.2 Å². The molecule has 0 aliphatic heterocycles. The van der Waals surface area contributed by atoms with Crippen molar-refractivity contribution in [2.45, 2.75) is 13.5 Å². The fourth-order valence-corrected chi connectivity index (χ4v) is 1.92. The zero-order chi connectivity index (χ0) is 15.4. The van der Waals surface area contributed by atoms with Crippen molar-refractivity contribution in [2.24, 2.45) is 0 Å². The molecule has 0 amide bonds. The summed E-state index contributed by atoms with van der Waals surface area (Å²) in [7, 11) is 0. The molecule has 0 saturated heterocycles. The number of nitro benzene ring substituents is 1. The largest absolute Gasteiger partial charge is 0.478 e. The summed E-state index contributed by atoms with van der Waals surface area (Å²) in [5.41, 5.74) is 1.40. The van der Waals surface area contributed by atoms with Gasteiger partial charge in [-0.15, -0.1) is 0 Å². The summed E-state index contributed by atoms with van der Waals surface area (Å²) in [5.74, 6) is -1.22. The van der Waals surface area contributed by atoms with E-state index in [1.54, 1.807) is 12.4 Å². The van der Waals surface area contributed by atoms with Gasteiger partial charge in [-0.3, -0.25) is 15.1 Å². The van der Waals surface area contributed by atoms with E-state index < -0.39 is 10.9 Å².